The molecule has 4 nitrogen and oxygen atoms in total. The molecule has 2 aromatic carbocycles. The molecular weight excluding hydrogens is 298 g/mol. The Morgan fingerprint density at radius 1 is 1.09 bits per heavy atom. The maximum Gasteiger partial charge on any atom is 0.319 e. The zero-order valence-corrected chi connectivity index (χ0v) is 12.5. The van der Waals surface area contributed by atoms with E-state index in [0.717, 1.165) is 18.4 Å². The van der Waals surface area contributed by atoms with Crippen molar-refractivity contribution in [2.45, 2.75) is 18.4 Å². The van der Waals surface area contributed by atoms with Crippen LogP contribution >= 0.6 is 11.6 Å². The second kappa shape index (κ2) is 5.70. The van der Waals surface area contributed by atoms with Crippen LogP contribution in [0.4, 0.5) is 10.5 Å². The highest BCUT2D eigenvalue weighted by Gasteiger charge is 2.45. The molecule has 0 saturated heterocycles. The molecule has 0 heterocycles. The summed E-state index contributed by atoms with van der Waals surface area (Å²) in [6.07, 6.45) is 1.82. The highest BCUT2D eigenvalue weighted by molar-refractivity contribution is 6.30. The molecule has 1 aliphatic carbocycles. The Morgan fingerprint density at radius 2 is 1.73 bits per heavy atom. The van der Waals surface area contributed by atoms with Crippen LogP contribution in [0.25, 0.3) is 0 Å². The maximum absolute atomic E-state index is 12.1. The van der Waals surface area contributed by atoms with E-state index in [4.69, 9.17) is 16.9 Å². The average molecular weight is 312 g/mol. The van der Waals surface area contributed by atoms with Crippen LogP contribution in [0, 0.1) is 11.3 Å². The molecule has 1 saturated carbocycles. The Kier molecular flexibility index (Phi) is 3.74. The minimum atomic E-state index is -0.290. The highest BCUT2D eigenvalue weighted by atomic mass is 35.5. The normalized spacial score (nSPS) is 14.7. The first-order chi connectivity index (χ1) is 10.6. The SMILES string of the molecule is N#Cc1ccc(NC(=O)NC2(c3ccc(Cl)cc3)CC2)cc1. The van der Waals surface area contributed by atoms with Gasteiger partial charge in [-0.3, -0.25) is 0 Å². The van der Waals surface area contributed by atoms with Gasteiger partial charge in [0.25, 0.3) is 0 Å². The molecule has 5 heteroatoms. The largest absolute Gasteiger partial charge is 0.328 e. The third kappa shape index (κ3) is 3.05. The maximum atomic E-state index is 12.1. The van der Waals surface area contributed by atoms with E-state index < -0.39 is 0 Å². The summed E-state index contributed by atoms with van der Waals surface area (Å²) in [5.74, 6) is 0. The predicted octanol–water partition coefficient (Wildman–Crippen LogP) is 4.02. The fraction of sp³-hybridized carbons (Fsp3) is 0.176. The summed E-state index contributed by atoms with van der Waals surface area (Å²) in [6, 6.07) is 16.1. The van der Waals surface area contributed by atoms with Crippen molar-refractivity contribution < 1.29 is 4.79 Å². The van der Waals surface area contributed by atoms with Gasteiger partial charge in [0.1, 0.15) is 0 Å². The molecule has 2 N–H and O–H groups in total. The minimum absolute atomic E-state index is 0.253. The average Bonchev–Trinajstić information content (AvgIpc) is 3.29. The molecule has 2 amide bonds. The third-order valence-electron chi connectivity index (χ3n) is 3.77. The van der Waals surface area contributed by atoms with Gasteiger partial charge in [0.2, 0.25) is 0 Å². The number of anilines is 1. The van der Waals surface area contributed by atoms with Crippen molar-refractivity contribution in [3.8, 4) is 6.07 Å². The van der Waals surface area contributed by atoms with Crippen molar-refractivity contribution in [1.82, 2.24) is 5.32 Å². The first kappa shape index (κ1) is 14.4. The van der Waals surface area contributed by atoms with E-state index in [-0.39, 0.29) is 11.6 Å². The van der Waals surface area contributed by atoms with E-state index in [0.29, 0.717) is 16.3 Å². The number of carbonyl (C=O) groups is 1. The summed E-state index contributed by atoms with van der Waals surface area (Å²) in [4.78, 5) is 12.1. The molecule has 1 aliphatic rings. The summed E-state index contributed by atoms with van der Waals surface area (Å²) < 4.78 is 0. The first-order valence-corrected chi connectivity index (χ1v) is 7.34. The highest BCUT2D eigenvalue weighted by Crippen LogP contribution is 2.45. The lowest BCUT2D eigenvalue weighted by Crippen LogP contribution is -2.38. The fourth-order valence-corrected chi connectivity index (χ4v) is 2.51. The number of benzene rings is 2. The number of rotatable bonds is 3. The van der Waals surface area contributed by atoms with Gasteiger partial charge in [-0.15, -0.1) is 0 Å². The number of nitrogens with one attached hydrogen (secondary N) is 2. The lowest BCUT2D eigenvalue weighted by atomic mass is 10.1. The summed E-state index contributed by atoms with van der Waals surface area (Å²) >= 11 is 5.90. The van der Waals surface area contributed by atoms with Gasteiger partial charge in [-0.05, 0) is 54.8 Å². The predicted molar refractivity (Wildman–Crippen MR) is 85.7 cm³/mol. The summed E-state index contributed by atoms with van der Waals surface area (Å²) in [6.45, 7) is 0. The van der Waals surface area contributed by atoms with E-state index >= 15 is 0 Å². The Bertz CT molecular complexity index is 728. The zero-order valence-electron chi connectivity index (χ0n) is 11.8. The van der Waals surface area contributed by atoms with E-state index in [1.54, 1.807) is 24.3 Å². The van der Waals surface area contributed by atoms with Crippen molar-refractivity contribution >= 4 is 23.3 Å². The van der Waals surface area contributed by atoms with Crippen LogP contribution in [-0.4, -0.2) is 6.03 Å². The number of amides is 2. The smallest absolute Gasteiger partial charge is 0.319 e. The van der Waals surface area contributed by atoms with Crippen LogP contribution in [0.1, 0.15) is 24.0 Å². The topological polar surface area (TPSA) is 64.9 Å². The van der Waals surface area contributed by atoms with E-state index in [1.807, 2.05) is 30.3 Å². The molecule has 0 aliphatic heterocycles. The van der Waals surface area contributed by atoms with Gasteiger partial charge >= 0.3 is 6.03 Å². The van der Waals surface area contributed by atoms with Crippen molar-refractivity contribution in [2.75, 3.05) is 5.32 Å². The molecule has 0 aromatic heterocycles. The van der Waals surface area contributed by atoms with Crippen molar-refractivity contribution in [1.29, 1.82) is 5.26 Å². The van der Waals surface area contributed by atoms with Gasteiger partial charge in [-0.1, -0.05) is 23.7 Å². The van der Waals surface area contributed by atoms with Crippen LogP contribution in [0.15, 0.2) is 48.5 Å². The number of urea groups is 1. The number of carbonyl (C=O) groups excluding carboxylic acids is 1. The lowest BCUT2D eigenvalue weighted by Gasteiger charge is -2.18. The second-order valence-electron chi connectivity index (χ2n) is 5.36. The monoisotopic (exact) mass is 311 g/mol. The summed E-state index contributed by atoms with van der Waals surface area (Å²) in [7, 11) is 0. The van der Waals surface area contributed by atoms with Crippen molar-refractivity contribution in [3.05, 3.63) is 64.7 Å². The number of halogens is 1. The Hall–Kier alpha value is -2.51. The van der Waals surface area contributed by atoms with Crippen LogP contribution in [0.2, 0.25) is 5.02 Å². The van der Waals surface area contributed by atoms with Gasteiger partial charge in [-0.25, -0.2) is 4.79 Å². The fourth-order valence-electron chi connectivity index (χ4n) is 2.39. The molecule has 1 fully saturated rings. The molecule has 0 atom stereocenters. The van der Waals surface area contributed by atoms with E-state index in [9.17, 15) is 4.79 Å². The lowest BCUT2D eigenvalue weighted by molar-refractivity contribution is 0.247. The summed E-state index contributed by atoms with van der Waals surface area (Å²) in [5, 5.41) is 15.2. The van der Waals surface area contributed by atoms with Crippen LogP contribution in [0.3, 0.4) is 0 Å². The third-order valence-corrected chi connectivity index (χ3v) is 4.02. The number of hydrogen-bond acceptors (Lipinski definition) is 2. The number of nitrogens with zero attached hydrogens (tertiary/aromatic N) is 1. The van der Waals surface area contributed by atoms with Gasteiger partial charge in [-0.2, -0.15) is 5.26 Å². The molecule has 110 valence electrons. The molecule has 3 rings (SSSR count). The van der Waals surface area contributed by atoms with E-state index in [2.05, 4.69) is 10.6 Å². The summed E-state index contributed by atoms with van der Waals surface area (Å²) in [5.41, 5.74) is 1.99. The first-order valence-electron chi connectivity index (χ1n) is 6.97. The molecule has 0 spiro atoms. The van der Waals surface area contributed by atoms with Crippen LogP contribution in [0.5, 0.6) is 0 Å². The zero-order chi connectivity index (χ0) is 15.6. The van der Waals surface area contributed by atoms with Crippen molar-refractivity contribution in [2.24, 2.45) is 0 Å². The van der Waals surface area contributed by atoms with Crippen LogP contribution in [-0.2, 0) is 5.54 Å². The Morgan fingerprint density at radius 3 is 2.27 bits per heavy atom. The van der Waals surface area contributed by atoms with Gasteiger partial charge < -0.3 is 10.6 Å². The Labute approximate surface area is 133 Å². The second-order valence-corrected chi connectivity index (χ2v) is 5.79. The number of hydrogen-bond donors (Lipinski definition) is 2. The Balaban J connectivity index is 1.66. The number of nitriles is 1. The van der Waals surface area contributed by atoms with Gasteiger partial charge in [0.15, 0.2) is 0 Å². The van der Waals surface area contributed by atoms with Gasteiger partial charge in [0, 0.05) is 10.7 Å². The van der Waals surface area contributed by atoms with Gasteiger partial charge in [0.05, 0.1) is 17.2 Å². The molecule has 0 unspecified atom stereocenters. The van der Waals surface area contributed by atoms with Crippen LogP contribution < -0.4 is 10.6 Å². The van der Waals surface area contributed by atoms with Crippen molar-refractivity contribution in [3.63, 3.8) is 0 Å². The molecule has 22 heavy (non-hydrogen) atoms. The molecule has 0 bridgehead atoms. The molecule has 0 radical (unpaired) electrons. The van der Waals surface area contributed by atoms with E-state index in [1.165, 1.54) is 0 Å². The standard InChI is InChI=1S/C17H14ClN3O/c18-14-5-3-13(4-6-14)17(9-10-17)21-16(22)20-15-7-1-12(11-19)2-8-15/h1-8H,9-10H2,(H2,20,21,22). The minimum Gasteiger partial charge on any atom is -0.328 e. The molecule has 2 aromatic rings. The molecular formula is C17H14ClN3O. The quantitative estimate of drug-likeness (QED) is 0.899.